The van der Waals surface area contributed by atoms with E-state index in [1.165, 1.54) is 0 Å². The van der Waals surface area contributed by atoms with Gasteiger partial charge in [0.25, 0.3) is 0 Å². The molecule has 0 radical (unpaired) electrons. The van der Waals surface area contributed by atoms with Crippen LogP contribution in [0.5, 0.6) is 0 Å². The molecule has 0 atom stereocenters. The summed E-state index contributed by atoms with van der Waals surface area (Å²) in [5, 5.41) is 10.6. The molecule has 4 nitrogen and oxygen atoms in total. The zero-order valence-corrected chi connectivity index (χ0v) is 6.38. The van der Waals surface area contributed by atoms with Crippen LogP contribution < -0.4 is 0 Å². The van der Waals surface area contributed by atoms with Crippen LogP contribution in [-0.2, 0) is 26.5 Å². The molecule has 0 aliphatic heterocycles. The van der Waals surface area contributed by atoms with E-state index in [2.05, 4.69) is 15.5 Å². The van der Waals surface area contributed by atoms with Crippen molar-refractivity contribution in [3.05, 3.63) is 5.82 Å². The van der Waals surface area contributed by atoms with Crippen LogP contribution in [-0.4, -0.2) is 20.2 Å². The van der Waals surface area contributed by atoms with Gasteiger partial charge in [-0.1, -0.05) is 0 Å². The second kappa shape index (κ2) is 2.87. The van der Waals surface area contributed by atoms with Gasteiger partial charge >= 0.3 is 0 Å². The molecule has 0 saturated carbocycles. The topological polar surface area (TPSA) is 43.6 Å². The fourth-order valence-electron chi connectivity index (χ4n) is 0.274. The van der Waals surface area contributed by atoms with E-state index in [1.54, 1.807) is 11.7 Å². The number of hydrogen-bond donors (Lipinski definition) is 0. The molecule has 0 aliphatic carbocycles. The number of aryl methyl sites for hydroxylation is 2. The van der Waals surface area contributed by atoms with Crippen LogP contribution in [0, 0.1) is 6.92 Å². The Morgan fingerprint density at radius 1 is 1.50 bits per heavy atom. The Bertz CT molecular complexity index is 144. The van der Waals surface area contributed by atoms with Crippen LogP contribution in [0.2, 0.25) is 0 Å². The fraction of sp³-hybridized carbons (Fsp3) is 0.667. The maximum atomic E-state index is 3.62. The van der Waals surface area contributed by atoms with Gasteiger partial charge in [0.2, 0.25) is 0 Å². The fourth-order valence-corrected chi connectivity index (χ4v) is 0.274. The van der Waals surface area contributed by atoms with Gasteiger partial charge in [0.15, 0.2) is 0 Å². The van der Waals surface area contributed by atoms with E-state index >= 15 is 0 Å². The van der Waals surface area contributed by atoms with Crippen molar-refractivity contribution in [2.75, 3.05) is 0 Å². The first kappa shape index (κ1) is 7.69. The van der Waals surface area contributed by atoms with Crippen molar-refractivity contribution in [2.45, 2.75) is 6.92 Å². The quantitative estimate of drug-likeness (QED) is 0.530. The molecule has 0 saturated heterocycles. The molecule has 46 valence electrons. The van der Waals surface area contributed by atoms with Gasteiger partial charge < -0.3 is 0 Å². The average molecular weight is 199 g/mol. The van der Waals surface area contributed by atoms with Crippen molar-refractivity contribution in [3.8, 4) is 0 Å². The number of hydrogen-bond acceptors (Lipinski definition) is 3. The Morgan fingerprint density at radius 3 is 2.25 bits per heavy atom. The molecule has 0 bridgehead atoms. The maximum Gasteiger partial charge on any atom is 0.147 e. The summed E-state index contributed by atoms with van der Waals surface area (Å²) in [4.78, 5) is 0. The summed E-state index contributed by atoms with van der Waals surface area (Å²) in [6.07, 6.45) is 0. The molecule has 1 aromatic rings. The third-order valence-electron chi connectivity index (χ3n) is 0.832. The normalized spacial score (nSPS) is 8.25. The molecule has 0 N–H and O–H groups in total. The number of rotatable bonds is 0. The molecule has 0 aliphatic rings. The summed E-state index contributed by atoms with van der Waals surface area (Å²) in [6, 6.07) is 0. The van der Waals surface area contributed by atoms with Crippen molar-refractivity contribution in [1.29, 1.82) is 0 Å². The predicted molar refractivity (Wildman–Crippen MR) is 23.5 cm³/mol. The van der Waals surface area contributed by atoms with Crippen molar-refractivity contribution in [2.24, 2.45) is 7.05 Å². The van der Waals surface area contributed by atoms with E-state index in [0.717, 1.165) is 5.82 Å². The minimum atomic E-state index is 0. The van der Waals surface area contributed by atoms with Gasteiger partial charge in [0, 0.05) is 26.5 Å². The van der Waals surface area contributed by atoms with Crippen LogP contribution >= 0.6 is 0 Å². The van der Waals surface area contributed by atoms with Crippen molar-refractivity contribution in [3.63, 3.8) is 0 Å². The minimum Gasteiger partial charge on any atom is -0.233 e. The second-order valence-corrected chi connectivity index (χ2v) is 1.35. The molecule has 1 aromatic heterocycles. The minimum absolute atomic E-state index is 0. The van der Waals surface area contributed by atoms with Gasteiger partial charge in [-0.2, -0.15) is 0 Å². The molecule has 1 heterocycles. The van der Waals surface area contributed by atoms with Crippen LogP contribution in [0.15, 0.2) is 0 Å². The Kier molecular flexibility index (Phi) is 2.76. The molecular weight excluding hydrogens is 193 g/mol. The third-order valence-corrected chi connectivity index (χ3v) is 0.832. The first-order chi connectivity index (χ1) is 3.30. The van der Waals surface area contributed by atoms with Crippen molar-refractivity contribution < 1.29 is 19.5 Å². The zero-order valence-electron chi connectivity index (χ0n) is 4.64. The summed E-state index contributed by atoms with van der Waals surface area (Å²) in [5.41, 5.74) is 0. The third kappa shape index (κ3) is 1.33. The molecule has 0 aromatic carbocycles. The Labute approximate surface area is 60.0 Å². The number of aromatic nitrogens is 4. The van der Waals surface area contributed by atoms with Gasteiger partial charge in [-0.05, 0) is 17.4 Å². The molecule has 1 rings (SSSR count). The Hall–Kier alpha value is -0.307. The standard InChI is InChI=1S/C3H6N4.Ru/c1-3-4-5-6-7(3)2;/h1-2H3;. The first-order valence-corrected chi connectivity index (χ1v) is 1.99. The number of tetrazole rings is 1. The molecule has 0 spiro atoms. The first-order valence-electron chi connectivity index (χ1n) is 1.99. The van der Waals surface area contributed by atoms with E-state index in [0.29, 0.717) is 0 Å². The maximum absolute atomic E-state index is 3.62. The van der Waals surface area contributed by atoms with Gasteiger partial charge in [-0.3, -0.25) is 0 Å². The average Bonchev–Trinajstić information content (AvgIpc) is 1.91. The summed E-state index contributed by atoms with van der Waals surface area (Å²) in [7, 11) is 1.80. The van der Waals surface area contributed by atoms with Crippen LogP contribution in [0.25, 0.3) is 0 Å². The van der Waals surface area contributed by atoms with E-state index < -0.39 is 0 Å². The van der Waals surface area contributed by atoms with Crippen LogP contribution in [0.4, 0.5) is 0 Å². The van der Waals surface area contributed by atoms with Gasteiger partial charge in [0.1, 0.15) is 5.82 Å². The molecule has 8 heavy (non-hydrogen) atoms. The summed E-state index contributed by atoms with van der Waals surface area (Å²) >= 11 is 0. The molecular formula is C3H6N4Ru. The zero-order chi connectivity index (χ0) is 5.28. The predicted octanol–water partition coefficient (Wildman–Crippen LogP) is -0.484. The molecule has 0 unspecified atom stereocenters. The van der Waals surface area contributed by atoms with Gasteiger partial charge in [0.05, 0.1) is 0 Å². The van der Waals surface area contributed by atoms with Gasteiger partial charge in [-0.15, -0.1) is 5.10 Å². The van der Waals surface area contributed by atoms with Crippen LogP contribution in [0.1, 0.15) is 5.82 Å². The van der Waals surface area contributed by atoms with E-state index in [-0.39, 0.29) is 19.5 Å². The molecule has 0 amide bonds. The van der Waals surface area contributed by atoms with Crippen LogP contribution in [0.3, 0.4) is 0 Å². The SMILES string of the molecule is Cc1nnnn1C.[Ru]. The van der Waals surface area contributed by atoms with Crippen molar-refractivity contribution in [1.82, 2.24) is 20.2 Å². The van der Waals surface area contributed by atoms with E-state index in [1.807, 2.05) is 6.92 Å². The number of nitrogens with zero attached hydrogens (tertiary/aromatic N) is 4. The van der Waals surface area contributed by atoms with E-state index in [4.69, 9.17) is 0 Å². The summed E-state index contributed by atoms with van der Waals surface area (Å²) < 4.78 is 1.61. The Balaban J connectivity index is 0.000000490. The smallest absolute Gasteiger partial charge is 0.147 e. The molecule has 5 heteroatoms. The monoisotopic (exact) mass is 200 g/mol. The second-order valence-electron chi connectivity index (χ2n) is 1.35. The van der Waals surface area contributed by atoms with Gasteiger partial charge in [-0.25, -0.2) is 4.68 Å². The van der Waals surface area contributed by atoms with Crippen molar-refractivity contribution >= 4 is 0 Å². The largest absolute Gasteiger partial charge is 0.233 e. The summed E-state index contributed by atoms with van der Waals surface area (Å²) in [6.45, 7) is 1.85. The molecule has 0 fully saturated rings. The summed E-state index contributed by atoms with van der Waals surface area (Å²) in [5.74, 6) is 0.833. The van der Waals surface area contributed by atoms with E-state index in [9.17, 15) is 0 Å². The Morgan fingerprint density at radius 2 is 2.12 bits per heavy atom.